The van der Waals surface area contributed by atoms with Crippen molar-refractivity contribution in [1.82, 2.24) is 9.55 Å². The van der Waals surface area contributed by atoms with E-state index >= 15 is 0 Å². The third-order valence-corrected chi connectivity index (χ3v) is 3.35. The van der Waals surface area contributed by atoms with E-state index in [2.05, 4.69) is 10.3 Å². The smallest absolute Gasteiger partial charge is 0.229 e. The number of anilines is 1. The van der Waals surface area contributed by atoms with Gasteiger partial charge in [-0.25, -0.2) is 4.98 Å². The van der Waals surface area contributed by atoms with Gasteiger partial charge < -0.3 is 5.32 Å². The number of rotatable bonds is 2. The van der Waals surface area contributed by atoms with Crippen LogP contribution in [-0.2, 0) is 4.79 Å². The van der Waals surface area contributed by atoms with Gasteiger partial charge in [-0.1, -0.05) is 24.3 Å². The number of benzene rings is 2. The Balaban J connectivity index is 2.29. The quantitative estimate of drug-likeness (QED) is 0.788. The lowest BCUT2D eigenvalue weighted by atomic mass is 10.1. The minimum Gasteiger partial charge on any atom is -0.326 e. The van der Waals surface area contributed by atoms with E-state index in [0.29, 0.717) is 17.1 Å². The number of amides is 1. The van der Waals surface area contributed by atoms with Gasteiger partial charge in [0, 0.05) is 19.4 Å². The van der Waals surface area contributed by atoms with E-state index in [4.69, 9.17) is 0 Å². The molecule has 1 amide bonds. The maximum Gasteiger partial charge on any atom is 0.229 e. The lowest BCUT2D eigenvalue weighted by Crippen LogP contribution is -2.10. The van der Waals surface area contributed by atoms with Crippen molar-refractivity contribution in [2.45, 2.75) is 13.8 Å². The summed E-state index contributed by atoms with van der Waals surface area (Å²) in [6, 6.07) is 14.8. The Morgan fingerprint density at radius 3 is 2.41 bits per heavy atom. The van der Waals surface area contributed by atoms with Crippen LogP contribution in [0.1, 0.15) is 18.6 Å². The molecule has 0 aliphatic carbocycles. The van der Waals surface area contributed by atoms with Gasteiger partial charge in [0.25, 0.3) is 0 Å². The second-order valence-corrected chi connectivity index (χ2v) is 5.01. The zero-order chi connectivity index (χ0) is 15.7. The largest absolute Gasteiger partial charge is 0.326 e. The van der Waals surface area contributed by atoms with Crippen LogP contribution in [0.3, 0.4) is 0 Å². The summed E-state index contributed by atoms with van der Waals surface area (Å²) in [6.45, 7) is 2.95. The molecule has 110 valence electrons. The Morgan fingerprint density at radius 2 is 1.68 bits per heavy atom. The van der Waals surface area contributed by atoms with Crippen molar-refractivity contribution in [3.05, 3.63) is 48.5 Å². The average Bonchev–Trinajstić information content (AvgIpc) is 2.86. The minimum atomic E-state index is -0.169. The molecule has 1 heterocycles. The van der Waals surface area contributed by atoms with Gasteiger partial charge in [0.05, 0.1) is 16.7 Å². The number of fused-ring (bicyclic) bond motifs is 1. The van der Waals surface area contributed by atoms with Gasteiger partial charge in [-0.15, -0.1) is 0 Å². The third kappa shape index (κ3) is 2.37. The van der Waals surface area contributed by atoms with Crippen LogP contribution >= 0.6 is 0 Å². The molecule has 2 aromatic carbocycles. The molecule has 22 heavy (non-hydrogen) atoms. The minimum absolute atomic E-state index is 0.124. The second-order valence-electron chi connectivity index (χ2n) is 5.01. The molecule has 0 aliphatic rings. The Labute approximate surface area is 127 Å². The lowest BCUT2D eigenvalue weighted by molar-refractivity contribution is -0.114. The average molecular weight is 293 g/mol. The van der Waals surface area contributed by atoms with Crippen molar-refractivity contribution in [2.75, 3.05) is 5.32 Å². The highest BCUT2D eigenvalue weighted by molar-refractivity contribution is 5.98. The molecule has 1 aromatic heterocycles. The van der Waals surface area contributed by atoms with Gasteiger partial charge in [-0.2, -0.15) is 0 Å². The van der Waals surface area contributed by atoms with Crippen molar-refractivity contribution >= 4 is 28.5 Å². The molecule has 5 nitrogen and oxygen atoms in total. The summed E-state index contributed by atoms with van der Waals surface area (Å²) in [5, 5.41) is 2.78. The molecule has 1 N–H and O–H groups in total. The predicted octanol–water partition coefficient (Wildman–Crippen LogP) is 3.32. The topological polar surface area (TPSA) is 64.0 Å². The zero-order valence-corrected chi connectivity index (χ0v) is 12.3. The summed E-state index contributed by atoms with van der Waals surface area (Å²) in [4.78, 5) is 28.0. The molecule has 0 radical (unpaired) electrons. The van der Waals surface area contributed by atoms with Crippen molar-refractivity contribution in [2.24, 2.45) is 0 Å². The highest BCUT2D eigenvalue weighted by Crippen LogP contribution is 2.30. The number of imidazole rings is 1. The molecule has 0 fully saturated rings. The Kier molecular flexibility index (Phi) is 3.47. The molecular weight excluding hydrogens is 278 g/mol. The molecule has 0 bridgehead atoms. The van der Waals surface area contributed by atoms with Crippen molar-refractivity contribution in [1.29, 1.82) is 0 Å². The summed E-state index contributed by atoms with van der Waals surface area (Å²) < 4.78 is 1.57. The number of aromatic nitrogens is 2. The first-order chi connectivity index (χ1) is 10.6. The number of nitrogens with one attached hydrogen (secondary N) is 1. The third-order valence-electron chi connectivity index (χ3n) is 3.35. The standard InChI is InChI=1S/C17H15N3O2/c1-11(21)18-14-8-4-3-7-13(14)17-19-15-9-5-6-10-16(15)20(17)12(2)22/h3-10H,1-2H3,(H,18,21). The molecule has 3 rings (SSSR count). The maximum atomic E-state index is 12.1. The maximum absolute atomic E-state index is 12.1. The van der Waals surface area contributed by atoms with Crippen LogP contribution in [0.4, 0.5) is 5.69 Å². The number of carbonyl (C=O) groups excluding carboxylic acids is 2. The first kappa shape index (κ1) is 14.0. The number of carbonyl (C=O) groups is 2. The molecular formula is C17H15N3O2. The number of para-hydroxylation sites is 3. The molecule has 0 saturated carbocycles. The van der Waals surface area contributed by atoms with Gasteiger partial charge in [0.2, 0.25) is 11.8 Å². The van der Waals surface area contributed by atoms with Gasteiger partial charge in [0.1, 0.15) is 5.82 Å². The lowest BCUT2D eigenvalue weighted by Gasteiger charge is -2.10. The summed E-state index contributed by atoms with van der Waals surface area (Å²) in [7, 11) is 0. The molecule has 0 aliphatic heterocycles. The number of hydrogen-bond acceptors (Lipinski definition) is 3. The van der Waals surface area contributed by atoms with E-state index in [1.165, 1.54) is 13.8 Å². The fraction of sp³-hybridized carbons (Fsp3) is 0.118. The van der Waals surface area contributed by atoms with E-state index in [-0.39, 0.29) is 11.8 Å². The highest BCUT2D eigenvalue weighted by Gasteiger charge is 2.17. The highest BCUT2D eigenvalue weighted by atomic mass is 16.2. The van der Waals surface area contributed by atoms with E-state index in [0.717, 1.165) is 11.0 Å². The fourth-order valence-corrected chi connectivity index (χ4v) is 2.50. The monoisotopic (exact) mass is 293 g/mol. The van der Waals surface area contributed by atoms with E-state index < -0.39 is 0 Å². The first-order valence-electron chi connectivity index (χ1n) is 6.93. The summed E-state index contributed by atoms with van der Waals surface area (Å²) in [5.74, 6) is 0.234. The van der Waals surface area contributed by atoms with E-state index in [9.17, 15) is 9.59 Å². The van der Waals surface area contributed by atoms with Crippen LogP contribution in [0, 0.1) is 0 Å². The van der Waals surface area contributed by atoms with E-state index in [1.807, 2.05) is 42.5 Å². The van der Waals surface area contributed by atoms with Crippen LogP contribution in [0.25, 0.3) is 22.4 Å². The molecule has 3 aromatic rings. The van der Waals surface area contributed by atoms with Gasteiger partial charge in [-0.05, 0) is 24.3 Å². The predicted molar refractivity (Wildman–Crippen MR) is 85.8 cm³/mol. The first-order valence-corrected chi connectivity index (χ1v) is 6.93. The Hall–Kier alpha value is -2.95. The molecule has 0 unspecified atom stereocenters. The number of nitrogens with zero attached hydrogens (tertiary/aromatic N) is 2. The van der Waals surface area contributed by atoms with Gasteiger partial charge in [0.15, 0.2) is 0 Å². The van der Waals surface area contributed by atoms with Crippen LogP contribution in [-0.4, -0.2) is 21.4 Å². The number of hydrogen-bond donors (Lipinski definition) is 1. The van der Waals surface area contributed by atoms with Crippen LogP contribution < -0.4 is 5.32 Å². The van der Waals surface area contributed by atoms with Crippen molar-refractivity contribution in [3.8, 4) is 11.4 Å². The molecule has 0 spiro atoms. The SMILES string of the molecule is CC(=O)Nc1ccccc1-c1nc2ccccc2n1C(C)=O. The van der Waals surface area contributed by atoms with Crippen molar-refractivity contribution in [3.63, 3.8) is 0 Å². The summed E-state index contributed by atoms with van der Waals surface area (Å²) in [5.41, 5.74) is 2.84. The normalized spacial score (nSPS) is 10.6. The second kappa shape index (κ2) is 5.44. The molecule has 0 atom stereocenters. The summed E-state index contributed by atoms with van der Waals surface area (Å²) in [6.07, 6.45) is 0. The Bertz CT molecular complexity index is 880. The van der Waals surface area contributed by atoms with Crippen molar-refractivity contribution < 1.29 is 9.59 Å². The van der Waals surface area contributed by atoms with Gasteiger partial charge >= 0.3 is 0 Å². The van der Waals surface area contributed by atoms with Crippen LogP contribution in [0.5, 0.6) is 0 Å². The van der Waals surface area contributed by atoms with Gasteiger partial charge in [-0.3, -0.25) is 14.2 Å². The van der Waals surface area contributed by atoms with Crippen LogP contribution in [0.2, 0.25) is 0 Å². The molecule has 0 saturated heterocycles. The van der Waals surface area contributed by atoms with E-state index in [1.54, 1.807) is 10.6 Å². The fourth-order valence-electron chi connectivity index (χ4n) is 2.50. The zero-order valence-electron chi connectivity index (χ0n) is 12.3. The van der Waals surface area contributed by atoms with Crippen LogP contribution in [0.15, 0.2) is 48.5 Å². The molecule has 5 heteroatoms. The Morgan fingerprint density at radius 1 is 1.00 bits per heavy atom. The summed E-state index contributed by atoms with van der Waals surface area (Å²) >= 11 is 0.